The standard InChI is InChI=1S/C29H28ClN7O4/c1-3-12-36-26-23(28(39)37(29(36)40)18-9-10-18)33-24(34-26)21-16-32-25(20-7-5-4-6-19(20)21)35(13-14-41-2)27(38)17-8-11-22(30)31-15-17/h4-8,11,15-16,18H,3,9-10,12-14H2,1-2H3,(H,33,34). The number of H-pyrrole nitrogens is 1. The Morgan fingerprint density at radius 2 is 1.90 bits per heavy atom. The van der Waals surface area contributed by atoms with Gasteiger partial charge in [-0.05, 0) is 36.8 Å². The Hall–Kier alpha value is -4.35. The maximum Gasteiger partial charge on any atom is 0.333 e. The van der Waals surface area contributed by atoms with Crippen LogP contribution in [0, 0.1) is 0 Å². The summed E-state index contributed by atoms with van der Waals surface area (Å²) in [4.78, 5) is 58.4. The van der Waals surface area contributed by atoms with Gasteiger partial charge in [0, 0.05) is 43.0 Å². The van der Waals surface area contributed by atoms with Crippen LogP contribution in [0.3, 0.4) is 0 Å². The molecule has 6 rings (SSSR count). The summed E-state index contributed by atoms with van der Waals surface area (Å²) < 4.78 is 8.21. The van der Waals surface area contributed by atoms with Crippen molar-refractivity contribution >= 4 is 45.3 Å². The minimum absolute atomic E-state index is 0.0671. The van der Waals surface area contributed by atoms with Gasteiger partial charge in [0.05, 0.1) is 18.7 Å². The molecular formula is C29H28ClN7O4. The first-order valence-corrected chi connectivity index (χ1v) is 13.9. The summed E-state index contributed by atoms with van der Waals surface area (Å²) in [7, 11) is 1.57. The van der Waals surface area contributed by atoms with Crippen LogP contribution in [-0.4, -0.2) is 55.2 Å². The van der Waals surface area contributed by atoms with Gasteiger partial charge in [0.2, 0.25) is 0 Å². The van der Waals surface area contributed by atoms with E-state index in [1.165, 1.54) is 10.8 Å². The normalized spacial score (nSPS) is 13.2. The van der Waals surface area contributed by atoms with Crippen molar-refractivity contribution in [2.24, 2.45) is 0 Å². The summed E-state index contributed by atoms with van der Waals surface area (Å²) >= 11 is 5.94. The molecule has 12 heteroatoms. The predicted octanol–water partition coefficient (Wildman–Crippen LogP) is 4.19. The lowest BCUT2D eigenvalue weighted by molar-refractivity contribution is 0.0975. The van der Waals surface area contributed by atoms with Gasteiger partial charge in [0.1, 0.15) is 22.3 Å². The molecule has 4 heterocycles. The van der Waals surface area contributed by atoms with Crippen LogP contribution in [0.2, 0.25) is 5.15 Å². The number of hydrogen-bond donors (Lipinski definition) is 1. The highest BCUT2D eigenvalue weighted by molar-refractivity contribution is 6.29. The molecule has 0 saturated heterocycles. The Labute approximate surface area is 239 Å². The fourth-order valence-corrected chi connectivity index (χ4v) is 5.18. The van der Waals surface area contributed by atoms with Crippen molar-refractivity contribution in [1.82, 2.24) is 29.1 Å². The van der Waals surface area contributed by atoms with E-state index < -0.39 is 0 Å². The second-order valence-corrected chi connectivity index (χ2v) is 10.4. The van der Waals surface area contributed by atoms with Crippen molar-refractivity contribution in [3.05, 3.63) is 80.3 Å². The molecule has 0 spiro atoms. The molecule has 0 atom stereocenters. The highest BCUT2D eigenvalue weighted by atomic mass is 35.5. The number of halogens is 1. The van der Waals surface area contributed by atoms with Crippen molar-refractivity contribution in [1.29, 1.82) is 0 Å². The maximum absolute atomic E-state index is 13.6. The number of hydrogen-bond acceptors (Lipinski definition) is 7. The molecule has 0 bridgehead atoms. The van der Waals surface area contributed by atoms with Gasteiger partial charge in [-0.2, -0.15) is 0 Å². The van der Waals surface area contributed by atoms with Crippen molar-refractivity contribution in [2.75, 3.05) is 25.2 Å². The first-order valence-electron chi connectivity index (χ1n) is 13.5. The molecule has 1 aromatic carbocycles. The molecule has 0 radical (unpaired) electrons. The van der Waals surface area contributed by atoms with Crippen LogP contribution in [-0.2, 0) is 11.3 Å². The summed E-state index contributed by atoms with van der Waals surface area (Å²) in [6, 6.07) is 10.7. The van der Waals surface area contributed by atoms with Crippen LogP contribution < -0.4 is 16.1 Å². The van der Waals surface area contributed by atoms with E-state index in [-0.39, 0.29) is 41.5 Å². The number of nitrogens with zero attached hydrogens (tertiary/aromatic N) is 6. The third kappa shape index (κ3) is 4.81. The summed E-state index contributed by atoms with van der Waals surface area (Å²) in [6.45, 7) is 2.96. The first-order chi connectivity index (χ1) is 19.9. The monoisotopic (exact) mass is 573 g/mol. The number of ether oxygens (including phenoxy) is 1. The predicted molar refractivity (Wildman–Crippen MR) is 157 cm³/mol. The Morgan fingerprint density at radius 3 is 2.59 bits per heavy atom. The van der Waals surface area contributed by atoms with Crippen molar-refractivity contribution in [3.63, 3.8) is 0 Å². The van der Waals surface area contributed by atoms with E-state index in [2.05, 4.69) is 9.97 Å². The third-order valence-electron chi connectivity index (χ3n) is 7.19. The average Bonchev–Trinajstić information content (AvgIpc) is 3.72. The number of aromatic nitrogens is 6. The Morgan fingerprint density at radius 1 is 1.12 bits per heavy atom. The van der Waals surface area contributed by atoms with Gasteiger partial charge in [-0.15, -0.1) is 0 Å². The molecule has 5 aromatic rings. The second kappa shape index (κ2) is 10.9. The summed E-state index contributed by atoms with van der Waals surface area (Å²) in [5.41, 5.74) is 0.932. The summed E-state index contributed by atoms with van der Waals surface area (Å²) in [5.74, 6) is 0.558. The van der Waals surface area contributed by atoms with Crippen molar-refractivity contribution in [3.8, 4) is 11.4 Å². The SMILES string of the molecule is CCCn1c(=O)n(C2CC2)c(=O)c2[nH]c(-c3cnc(N(CCOC)C(=O)c4ccc(Cl)nc4)c4ccccc34)nc21. The van der Waals surface area contributed by atoms with E-state index >= 15 is 0 Å². The molecule has 1 amide bonds. The van der Waals surface area contributed by atoms with E-state index in [0.29, 0.717) is 52.3 Å². The lowest BCUT2D eigenvalue weighted by Gasteiger charge is -2.23. The van der Waals surface area contributed by atoms with Gasteiger partial charge < -0.3 is 9.72 Å². The molecule has 1 fully saturated rings. The Bertz CT molecular complexity index is 1890. The lowest BCUT2D eigenvalue weighted by atomic mass is 10.1. The Balaban J connectivity index is 1.51. The number of carbonyl (C=O) groups is 1. The molecule has 0 aliphatic heterocycles. The number of aromatic amines is 1. The van der Waals surface area contributed by atoms with Crippen LogP contribution in [0.5, 0.6) is 0 Å². The number of imidazole rings is 1. The number of carbonyl (C=O) groups excluding carboxylic acids is 1. The van der Waals surface area contributed by atoms with E-state index in [1.807, 2.05) is 31.2 Å². The number of amides is 1. The smallest absolute Gasteiger partial charge is 0.333 e. The topological polar surface area (TPSA) is 128 Å². The number of methoxy groups -OCH3 is 1. The number of anilines is 1. The zero-order valence-electron chi connectivity index (χ0n) is 22.6. The van der Waals surface area contributed by atoms with Crippen LogP contribution in [0.25, 0.3) is 33.3 Å². The molecular weight excluding hydrogens is 546 g/mol. The minimum atomic E-state index is -0.361. The second-order valence-electron chi connectivity index (χ2n) is 9.98. The first kappa shape index (κ1) is 26.9. The van der Waals surface area contributed by atoms with Crippen molar-refractivity contribution in [2.45, 2.75) is 38.8 Å². The zero-order valence-corrected chi connectivity index (χ0v) is 23.4. The van der Waals surface area contributed by atoms with Crippen LogP contribution >= 0.6 is 11.6 Å². The number of pyridine rings is 2. The van der Waals surface area contributed by atoms with Gasteiger partial charge in [-0.25, -0.2) is 19.7 Å². The summed E-state index contributed by atoms with van der Waals surface area (Å²) in [5, 5.41) is 1.77. The van der Waals surface area contributed by atoms with Gasteiger partial charge in [-0.3, -0.25) is 23.6 Å². The zero-order chi connectivity index (χ0) is 28.7. The number of nitrogens with one attached hydrogen (secondary N) is 1. The molecule has 1 aliphatic carbocycles. The van der Waals surface area contributed by atoms with Crippen LogP contribution in [0.4, 0.5) is 5.82 Å². The molecule has 210 valence electrons. The van der Waals surface area contributed by atoms with E-state index in [9.17, 15) is 14.4 Å². The average molecular weight is 574 g/mol. The molecule has 4 aromatic heterocycles. The number of fused-ring (bicyclic) bond motifs is 2. The maximum atomic E-state index is 13.6. The summed E-state index contributed by atoms with van der Waals surface area (Å²) in [6.07, 6.45) is 5.40. The highest BCUT2D eigenvalue weighted by Crippen LogP contribution is 2.34. The molecule has 1 aliphatic rings. The van der Waals surface area contributed by atoms with E-state index in [4.69, 9.17) is 26.3 Å². The molecule has 0 unspecified atom stereocenters. The van der Waals surface area contributed by atoms with Crippen molar-refractivity contribution < 1.29 is 9.53 Å². The number of benzene rings is 1. The van der Waals surface area contributed by atoms with E-state index in [0.717, 1.165) is 18.2 Å². The van der Waals surface area contributed by atoms with Crippen LogP contribution in [0.15, 0.2) is 58.4 Å². The largest absolute Gasteiger partial charge is 0.383 e. The Kier molecular flexibility index (Phi) is 7.14. The van der Waals surface area contributed by atoms with Gasteiger partial charge in [-0.1, -0.05) is 42.8 Å². The fourth-order valence-electron chi connectivity index (χ4n) is 5.07. The third-order valence-corrected chi connectivity index (χ3v) is 7.42. The molecule has 41 heavy (non-hydrogen) atoms. The molecule has 11 nitrogen and oxygen atoms in total. The number of rotatable bonds is 9. The van der Waals surface area contributed by atoms with Crippen LogP contribution in [0.1, 0.15) is 42.6 Å². The molecule has 1 N–H and O–H groups in total. The molecule has 1 saturated carbocycles. The van der Waals surface area contributed by atoms with Gasteiger partial charge in [0.25, 0.3) is 11.5 Å². The van der Waals surface area contributed by atoms with E-state index in [1.54, 1.807) is 34.9 Å². The highest BCUT2D eigenvalue weighted by Gasteiger charge is 2.30. The quantitative estimate of drug-likeness (QED) is 0.262. The number of aryl methyl sites for hydroxylation is 1. The fraction of sp³-hybridized carbons (Fsp3) is 0.310. The van der Waals surface area contributed by atoms with Gasteiger partial charge >= 0.3 is 5.69 Å². The van der Waals surface area contributed by atoms with Gasteiger partial charge in [0.15, 0.2) is 5.65 Å². The lowest BCUT2D eigenvalue weighted by Crippen LogP contribution is -2.39. The minimum Gasteiger partial charge on any atom is -0.383 e.